The van der Waals surface area contributed by atoms with Crippen LogP contribution in [0.5, 0.6) is 0 Å². The van der Waals surface area contributed by atoms with Crippen LogP contribution in [0.3, 0.4) is 0 Å². The van der Waals surface area contributed by atoms with Crippen LogP contribution >= 0.6 is 0 Å². The Morgan fingerprint density at radius 3 is 0.750 bits per heavy atom. The molecule has 0 atom stereocenters. The summed E-state index contributed by atoms with van der Waals surface area (Å²) in [6.07, 6.45) is 0. The summed E-state index contributed by atoms with van der Waals surface area (Å²) in [5, 5.41) is 0. The molecule has 4 heavy (non-hydrogen) atoms. The lowest BCUT2D eigenvalue weighted by atomic mass is 12.0. The molecule has 0 amide bonds. The van der Waals surface area contributed by atoms with Gasteiger partial charge in [0.15, 0.2) is 0 Å². The Labute approximate surface area is 33.7 Å². The summed E-state index contributed by atoms with van der Waals surface area (Å²) < 4.78 is 11.5. The number of hydrogen-bond acceptors (Lipinski definition) is 0. The summed E-state index contributed by atoms with van der Waals surface area (Å²) in [5.74, 6) is 0. The van der Waals surface area contributed by atoms with Gasteiger partial charge in [0.1, 0.15) is 0 Å². The Morgan fingerprint density at radius 1 is 0.750 bits per heavy atom. The van der Waals surface area contributed by atoms with E-state index in [4.69, 9.17) is 2.74 Å². The smallest absolute Gasteiger partial charge is 0.0194 e. The first kappa shape index (κ1) is 9.00. The Balaban J connectivity index is -0.00000000500. The van der Waals surface area contributed by atoms with Gasteiger partial charge in [0.05, 0.1) is 0 Å². The van der Waals surface area contributed by atoms with Crippen molar-refractivity contribution in [2.24, 2.45) is 0 Å². The molecule has 0 radical (unpaired) electrons. The third kappa shape index (κ3) is 0. The molecule has 0 fully saturated rings. The molecule has 0 saturated heterocycles. The molecular weight excluding hydrogens is 48.0 g/mol. The van der Waals surface area contributed by atoms with Gasteiger partial charge in [-0.05, 0) is 0 Å². The largest absolute Gasteiger partial charge is 0.0776 e. The third-order valence-corrected chi connectivity index (χ3v) is 0. The maximum atomic E-state index is 5.75. The van der Waals surface area contributed by atoms with Crippen molar-refractivity contribution in [1.82, 2.24) is 0 Å². The summed E-state index contributed by atoms with van der Waals surface area (Å²) in [6, 6.07) is 0. The molecule has 32 valence electrons. The molecule has 0 spiro atoms. The van der Waals surface area contributed by atoms with Gasteiger partial charge in [-0.2, -0.15) is 0 Å². The van der Waals surface area contributed by atoms with Gasteiger partial charge in [0, 0.05) is 2.74 Å². The van der Waals surface area contributed by atoms with Crippen LogP contribution in [0.25, 0.3) is 0 Å². The average Bonchev–Trinajstić information content (AvgIpc) is 1.50. The van der Waals surface area contributed by atoms with Gasteiger partial charge in [0.2, 0.25) is 0 Å². The lowest BCUT2D eigenvalue weighted by molar-refractivity contribution is 2.50. The van der Waals surface area contributed by atoms with Crippen molar-refractivity contribution in [1.29, 1.82) is 0 Å². The van der Waals surface area contributed by atoms with Crippen molar-refractivity contribution in [2.45, 2.75) is 29.7 Å². The fourth-order valence-corrected chi connectivity index (χ4v) is 0. The lowest BCUT2D eigenvalue weighted by Crippen LogP contribution is 0.143. The molecule has 0 aliphatic carbocycles. The molecule has 0 N–H and O–H groups in total. The maximum absolute atomic E-state index is 5.75. The van der Waals surface area contributed by atoms with Crippen LogP contribution in [0.4, 0.5) is 0 Å². The van der Waals surface area contributed by atoms with Crippen molar-refractivity contribution in [3.63, 3.8) is 0 Å². The molecule has 0 aromatic carbocycles. The van der Waals surface area contributed by atoms with Crippen molar-refractivity contribution < 1.29 is 2.74 Å². The molecule has 0 nitrogen and oxygen atoms in total. The highest BCUT2D eigenvalue weighted by Crippen LogP contribution is 0.147. The molecule has 0 aliphatic heterocycles. The molecule has 0 aromatic heterocycles. The van der Waals surface area contributed by atoms with E-state index in [9.17, 15) is 0 Å². The van der Waals surface area contributed by atoms with Crippen molar-refractivity contribution >= 4 is 0 Å². The van der Waals surface area contributed by atoms with Crippen molar-refractivity contribution in [3.05, 3.63) is 0 Å². The fraction of sp³-hybridized carbons (Fsp3) is 1.00. The molecule has 0 saturated carbocycles. The predicted molar refractivity (Wildman–Crippen MR) is 26.9 cm³/mol. The third-order valence-electron chi connectivity index (χ3n) is 0. The molecule has 0 bridgehead atoms. The van der Waals surface area contributed by atoms with E-state index >= 15 is 0 Å². The van der Waals surface area contributed by atoms with E-state index in [1.165, 1.54) is 14.8 Å². The second kappa shape index (κ2) is 0. The average molecular weight is 66.2 g/mol. The second-order valence-electron chi connectivity index (χ2n) is 0. The summed E-state index contributed by atoms with van der Waals surface area (Å²) in [7, 11) is 2.50. The van der Waals surface area contributed by atoms with E-state index in [0.717, 1.165) is 0 Å². The fourth-order valence-electron chi connectivity index (χ4n) is 0. The highest BCUT2D eigenvalue weighted by Gasteiger charge is -0.0746. The van der Waals surface area contributed by atoms with Crippen molar-refractivity contribution in [2.75, 3.05) is 0 Å². The summed E-state index contributed by atoms with van der Waals surface area (Å²) >= 11 is 0. The summed E-state index contributed by atoms with van der Waals surface area (Å²) in [4.78, 5) is 0. The van der Waals surface area contributed by atoms with Gasteiger partial charge in [-0.15, -0.1) is 0 Å². The Hall–Kier alpha value is 0. The van der Waals surface area contributed by atoms with Gasteiger partial charge in [-0.25, -0.2) is 0 Å². The molecular formula is C4H16. The van der Waals surface area contributed by atoms with Crippen LogP contribution in [0.1, 0.15) is 32.4 Å². The zero-order valence-electron chi connectivity index (χ0n) is 4.00. The summed E-state index contributed by atoms with van der Waals surface area (Å²) in [5.41, 5.74) is 0. The summed E-state index contributed by atoms with van der Waals surface area (Å²) in [6.45, 7) is 0. The van der Waals surface area contributed by atoms with E-state index in [-0.39, 0.29) is 14.9 Å². The van der Waals surface area contributed by atoms with Crippen LogP contribution in [0.2, 0.25) is 0 Å². The van der Waals surface area contributed by atoms with Crippen LogP contribution in [0, 0.1) is 0 Å². The van der Waals surface area contributed by atoms with E-state index < -0.39 is 0 Å². The maximum Gasteiger partial charge on any atom is 0.0194 e. The molecule has 0 heteroatoms. The standard InChI is InChI=1S/4CH4/h4*1H4/i2*1D;;. The van der Waals surface area contributed by atoms with E-state index in [0.29, 0.717) is 0 Å². The second-order valence-corrected chi connectivity index (χ2v) is 0. The highest BCUT2D eigenvalue weighted by atomic mass is 12.0. The molecule has 0 aliphatic rings. The normalized spacial score (nSPS) is 3.50. The van der Waals surface area contributed by atoms with Gasteiger partial charge >= 0.3 is 0 Å². The highest BCUT2D eigenvalue weighted by molar-refractivity contribution is 2.51. The van der Waals surface area contributed by atoms with Crippen LogP contribution in [-0.2, 0) is 0 Å². The van der Waals surface area contributed by atoms with Gasteiger partial charge in [0.25, 0.3) is 0 Å². The molecule has 0 aromatic rings. The first-order valence-electron chi connectivity index (χ1n) is 2.00. The lowest BCUT2D eigenvalue weighted by Gasteiger charge is -0.0786. The van der Waals surface area contributed by atoms with Crippen LogP contribution in [0.15, 0.2) is 0 Å². The Bertz CT molecular complexity index is 5.51. The number of hydrogen-bond donors (Lipinski definition) is 0. The van der Waals surface area contributed by atoms with E-state index in [2.05, 4.69) is 0 Å². The number of rotatable bonds is 0. The van der Waals surface area contributed by atoms with Gasteiger partial charge < -0.3 is 0 Å². The Kier molecular flexibility index (Phi) is 0. The van der Waals surface area contributed by atoms with E-state index in [1.807, 2.05) is 0 Å². The predicted octanol–water partition coefficient (Wildman–Crippen LogP) is 2.54. The van der Waals surface area contributed by atoms with Gasteiger partial charge in [-0.1, -0.05) is 29.7 Å². The van der Waals surface area contributed by atoms with Crippen LogP contribution < -0.4 is 0 Å². The quantitative estimate of drug-likeness (QED) is 0.407. The topological polar surface area (TPSA) is 0 Å². The molecule has 0 heterocycles. The zero-order valence-corrected chi connectivity index (χ0v) is 2.00. The minimum Gasteiger partial charge on any atom is -0.0776 e. The van der Waals surface area contributed by atoms with E-state index in [1.54, 1.807) is 0 Å². The SMILES string of the molecule is C.C.[2H]C.[2H]C. The minimum absolute atomic E-state index is 0. The molecule has 0 rings (SSSR count). The van der Waals surface area contributed by atoms with Gasteiger partial charge in [-0.3, -0.25) is 0 Å². The first-order valence-corrected chi connectivity index (χ1v) is 0. The monoisotopic (exact) mass is 66.1 g/mol. The Morgan fingerprint density at radius 2 is 0.750 bits per heavy atom. The first-order chi connectivity index (χ1) is 2.00. The van der Waals surface area contributed by atoms with Crippen molar-refractivity contribution in [3.8, 4) is 0 Å². The zero-order chi connectivity index (χ0) is 4.00. The minimum atomic E-state index is 0. The molecule has 0 unspecified atom stereocenters. The van der Waals surface area contributed by atoms with Crippen LogP contribution in [-0.4, -0.2) is 0 Å².